The van der Waals surface area contributed by atoms with E-state index < -0.39 is 17.5 Å². The minimum atomic E-state index is -1.42. The first kappa shape index (κ1) is 83.8. The van der Waals surface area contributed by atoms with Crippen LogP contribution in [0, 0.1) is 91.4 Å². The van der Waals surface area contributed by atoms with Crippen molar-refractivity contribution < 1.29 is 22.0 Å². The third-order valence-corrected chi connectivity index (χ3v) is 25.9. The van der Waals surface area contributed by atoms with Crippen molar-refractivity contribution in [1.82, 2.24) is 34.9 Å². The summed E-state index contributed by atoms with van der Waals surface area (Å²) in [4.78, 5) is 31.8. The van der Waals surface area contributed by atoms with Crippen LogP contribution in [0.3, 0.4) is 0 Å². The first-order valence-corrected chi connectivity index (χ1v) is 43.9. The van der Waals surface area contributed by atoms with Gasteiger partial charge in [0.1, 0.15) is 11.6 Å². The monoisotopic (exact) mass is 1710 g/mol. The number of rotatable bonds is 6. The van der Waals surface area contributed by atoms with Gasteiger partial charge < -0.3 is 4.98 Å². The van der Waals surface area contributed by atoms with Crippen molar-refractivity contribution in [3.63, 3.8) is 0 Å². The fraction of sp³-hybridized carbons (Fsp3) is 0.121. The standard InChI is InChI=1S/2C20H17N.C19H14ClN.C19H12F3N.C19H15FN2.C19H14FN/c1-13-5-4-8-17-16(13)10-11-18(17)19-12-9-15-7-3-6-14(2)20(15)21-19;1-13-7-9-17-16(14(13)2)10-11-18(17)20-12-8-15-5-3-4-6-19(15)21-20;1-12-4-2-6-15-14(12)9-10-16(15)18-11-8-13-5-3-7-17(20)19(13)21-18;1-10-2-3-11-4-7-16(23-17(11)8-10)12-5-6-13-14(12)9-15(20)19(22)18(13)21;1-11-3-4-13-5-8-17(22-18(13)9-11)15-10-21-19-12(2)16(20)7-6-14(15)19;1-12-6-8-14-15(9-10-16(14)19(12)20)18-11-7-13-4-2-3-5-17(13)21-18/h2*3-9,11-12H,10H2,1-2H3;2-8,10-11H,9H2,1H3;2-5,7-9H,6H2,1H3;3-10,21H,1-2H3;2-9,11H,10H2,1H3. The Morgan fingerprint density at radius 1 is 0.264 bits per heavy atom. The third-order valence-electron chi connectivity index (χ3n) is 25.6. The van der Waals surface area contributed by atoms with Gasteiger partial charge in [-0.2, -0.15) is 0 Å². The number of halogens is 6. The quantitative estimate of drug-likeness (QED) is 0.132. The molecule has 7 heterocycles. The second-order valence-corrected chi connectivity index (χ2v) is 34.2. The molecule has 0 aliphatic heterocycles. The highest BCUT2D eigenvalue weighted by Gasteiger charge is 2.28. The van der Waals surface area contributed by atoms with Crippen molar-refractivity contribution in [1.29, 1.82) is 0 Å². The maximum atomic E-state index is 14.2. The Balaban J connectivity index is 0.000000101. The molecule has 1 N–H and O–H groups in total. The summed E-state index contributed by atoms with van der Waals surface area (Å²) in [7, 11) is 0. The number of nitrogens with zero attached hydrogens (tertiary/aromatic N) is 6. The van der Waals surface area contributed by atoms with Gasteiger partial charge in [0, 0.05) is 88.5 Å². The molecule has 7 nitrogen and oxygen atoms in total. The lowest BCUT2D eigenvalue weighted by Crippen LogP contribution is -2.00. The summed E-state index contributed by atoms with van der Waals surface area (Å²) in [6.07, 6.45) is 16.5. The SMILES string of the molecule is Cc1ccc2c(c1C)CC=C2c1ccc2ccccc2n1.Cc1ccc2c(c1F)CC=C2c1ccc2ccccc2n1.Cc1ccc2ccc(-c3c[nH]c4c(C)c(F)ccc34)nc2c1.Cc1ccc2ccc(C3=CCc4c3cc(F)c(F)c4F)nc2c1.Cc1cccc2c1CC=C2c1ccc2cccc(C)c2n1.Cc1cccc2c1CC=C2c1ccc2cccc(Cl)c2n1. The lowest BCUT2D eigenvalue weighted by molar-refractivity contribution is 0.442. The fourth-order valence-corrected chi connectivity index (χ4v) is 18.5. The molecule has 0 bridgehead atoms. The van der Waals surface area contributed by atoms with Gasteiger partial charge in [-0.1, -0.05) is 230 Å². The number of para-hydroxylation sites is 4. The van der Waals surface area contributed by atoms with Crippen LogP contribution in [0.15, 0.2) is 310 Å². The predicted molar refractivity (Wildman–Crippen MR) is 521 cm³/mol. The normalized spacial score (nSPS) is 13.0. The van der Waals surface area contributed by atoms with Crippen LogP contribution in [0.4, 0.5) is 22.0 Å². The van der Waals surface area contributed by atoms with Gasteiger partial charge in [-0.25, -0.2) is 51.9 Å². The molecule has 0 unspecified atom stereocenters. The van der Waals surface area contributed by atoms with Gasteiger partial charge in [0.05, 0.1) is 77.8 Å². The molecule has 0 saturated carbocycles. The number of fused-ring (bicyclic) bond motifs is 12. The van der Waals surface area contributed by atoms with Crippen LogP contribution in [0.5, 0.6) is 0 Å². The molecular formula is C116H89ClF5N7. The van der Waals surface area contributed by atoms with E-state index >= 15 is 0 Å². The minimum Gasteiger partial charge on any atom is -0.360 e. The number of hydrogen-bond donors (Lipinski definition) is 1. The molecule has 24 rings (SSSR count). The maximum absolute atomic E-state index is 14.2. The van der Waals surface area contributed by atoms with E-state index in [4.69, 9.17) is 36.5 Å². The largest absolute Gasteiger partial charge is 0.360 e. The molecule has 5 aliphatic carbocycles. The van der Waals surface area contributed by atoms with E-state index in [2.05, 4.69) is 227 Å². The molecule has 5 aliphatic rings. The first-order valence-electron chi connectivity index (χ1n) is 43.5. The molecule has 7 aromatic heterocycles. The Bertz CT molecular complexity index is 7680. The minimum absolute atomic E-state index is 0.0838. The van der Waals surface area contributed by atoms with Crippen LogP contribution in [-0.2, 0) is 32.1 Å². The molecule has 0 saturated heterocycles. The Morgan fingerprint density at radius 2 is 0.667 bits per heavy atom. The second kappa shape index (κ2) is 35.2. The Hall–Kier alpha value is -14.7. The number of benzene rings is 12. The van der Waals surface area contributed by atoms with Gasteiger partial charge >= 0.3 is 0 Å². The van der Waals surface area contributed by atoms with E-state index in [0.29, 0.717) is 39.4 Å². The summed E-state index contributed by atoms with van der Waals surface area (Å²) in [5, 5.41) is 8.42. The summed E-state index contributed by atoms with van der Waals surface area (Å²) in [6, 6.07) is 91.1. The predicted octanol–water partition coefficient (Wildman–Crippen LogP) is 29.6. The average molecular weight is 1710 g/mol. The highest BCUT2D eigenvalue weighted by molar-refractivity contribution is 6.35. The Labute approximate surface area is 751 Å². The van der Waals surface area contributed by atoms with Crippen molar-refractivity contribution in [2.75, 3.05) is 0 Å². The number of aryl methyl sites for hydroxylation is 8. The summed E-state index contributed by atoms with van der Waals surface area (Å²) in [6.45, 7) is 18.5. The van der Waals surface area contributed by atoms with Crippen molar-refractivity contribution in [3.05, 3.63) is 478 Å². The molecule has 0 fully saturated rings. The number of nitrogens with one attached hydrogen (secondary N) is 1. The van der Waals surface area contributed by atoms with Crippen LogP contribution < -0.4 is 0 Å². The number of allylic oxidation sites excluding steroid dienone is 5. The zero-order chi connectivity index (χ0) is 89.0. The number of aromatic amines is 1. The summed E-state index contributed by atoms with van der Waals surface area (Å²) in [5.74, 6) is -3.98. The van der Waals surface area contributed by atoms with Gasteiger partial charge in [0.2, 0.25) is 0 Å². The zero-order valence-corrected chi connectivity index (χ0v) is 73.7. The van der Waals surface area contributed by atoms with E-state index in [1.807, 2.05) is 129 Å². The second-order valence-electron chi connectivity index (χ2n) is 33.8. The molecule has 0 amide bonds. The molecule has 0 atom stereocenters. The van der Waals surface area contributed by atoms with Crippen LogP contribution in [0.25, 0.3) is 115 Å². The molecule has 129 heavy (non-hydrogen) atoms. The lowest BCUT2D eigenvalue weighted by atomic mass is 9.96. The van der Waals surface area contributed by atoms with Crippen molar-refractivity contribution in [2.45, 2.75) is 94.4 Å². The smallest absolute Gasteiger partial charge is 0.194 e. The van der Waals surface area contributed by atoms with Crippen LogP contribution in [0.2, 0.25) is 5.02 Å². The summed E-state index contributed by atoms with van der Waals surface area (Å²) >= 11 is 6.28. The molecule has 13 heteroatoms. The van der Waals surface area contributed by atoms with Crippen LogP contribution in [-0.4, -0.2) is 34.9 Å². The highest BCUT2D eigenvalue weighted by atomic mass is 35.5. The van der Waals surface area contributed by atoms with E-state index in [0.717, 1.165) is 147 Å². The molecule has 630 valence electrons. The molecule has 0 radical (unpaired) electrons. The first-order chi connectivity index (χ1) is 62.6. The van der Waals surface area contributed by atoms with Gasteiger partial charge in [-0.15, -0.1) is 0 Å². The van der Waals surface area contributed by atoms with Crippen LogP contribution >= 0.6 is 11.6 Å². The van der Waals surface area contributed by atoms with E-state index in [1.54, 1.807) is 13.0 Å². The molecule has 12 aromatic carbocycles. The van der Waals surface area contributed by atoms with E-state index in [1.165, 1.54) is 100 Å². The van der Waals surface area contributed by atoms with Crippen molar-refractivity contribution >= 4 is 116 Å². The highest BCUT2D eigenvalue weighted by Crippen LogP contribution is 2.42. The van der Waals surface area contributed by atoms with Gasteiger partial charge in [-0.05, 0) is 274 Å². The number of H-pyrrole nitrogens is 1. The zero-order valence-electron chi connectivity index (χ0n) is 72.9. The van der Waals surface area contributed by atoms with Crippen molar-refractivity contribution in [3.8, 4) is 11.3 Å². The average Bonchev–Trinajstić information content (AvgIpc) is 1.63. The van der Waals surface area contributed by atoms with Gasteiger partial charge in [-0.3, -0.25) is 0 Å². The Kier molecular flexibility index (Phi) is 22.9. The third kappa shape index (κ3) is 16.4. The van der Waals surface area contributed by atoms with E-state index in [-0.39, 0.29) is 23.6 Å². The lowest BCUT2D eigenvalue weighted by Gasteiger charge is -2.10. The number of pyridine rings is 6. The maximum Gasteiger partial charge on any atom is 0.194 e. The fourth-order valence-electron chi connectivity index (χ4n) is 18.3. The molecule has 0 spiro atoms. The number of aromatic nitrogens is 7. The summed E-state index contributed by atoms with van der Waals surface area (Å²) in [5.41, 5.74) is 39.7. The van der Waals surface area contributed by atoms with Crippen LogP contribution in [0.1, 0.15) is 134 Å². The molecular weight excluding hydrogens is 1620 g/mol. The Morgan fingerprint density at radius 3 is 1.23 bits per heavy atom. The van der Waals surface area contributed by atoms with Crippen molar-refractivity contribution in [2.24, 2.45) is 0 Å². The van der Waals surface area contributed by atoms with Gasteiger partial charge in [0.15, 0.2) is 17.5 Å². The van der Waals surface area contributed by atoms with Gasteiger partial charge in [0.25, 0.3) is 0 Å². The topological polar surface area (TPSA) is 93.1 Å². The molecule has 19 aromatic rings. The number of hydrogen-bond acceptors (Lipinski definition) is 6. The summed E-state index contributed by atoms with van der Waals surface area (Å²) < 4.78 is 68.7. The van der Waals surface area contributed by atoms with E-state index in [9.17, 15) is 22.0 Å².